The summed E-state index contributed by atoms with van der Waals surface area (Å²) in [6.07, 6.45) is 0. The van der Waals surface area contributed by atoms with Crippen molar-refractivity contribution in [2.24, 2.45) is 5.92 Å². The number of rotatable bonds is 5. The van der Waals surface area contributed by atoms with Crippen LogP contribution in [0.25, 0.3) is 0 Å². The standard InChI is InChI=1S/C23H12Cl5F3N2O2/c24-12-5-4-10(8-11(12)21(34)33-20-15(29)2-1-3-16(20)30)32-22(35)18-17(23(18,27)28)9-6-13(25)19(31)14(26)7-9/h1-8,17-18H,(H,32,35)(H,33,34)/t17-,18+/m0/s1. The second kappa shape index (κ2) is 9.71. The molecule has 4 rings (SSSR count). The number of hydrogen-bond acceptors (Lipinski definition) is 2. The molecule has 3 aromatic rings. The Morgan fingerprint density at radius 3 is 2.03 bits per heavy atom. The molecular weight excluding hydrogens is 571 g/mol. The third-order valence-corrected chi connectivity index (χ3v) is 7.20. The molecule has 1 aliphatic carbocycles. The second-order valence-corrected chi connectivity index (χ2v) is 10.3. The summed E-state index contributed by atoms with van der Waals surface area (Å²) in [7, 11) is 0. The lowest BCUT2D eigenvalue weighted by Crippen LogP contribution is -2.18. The van der Waals surface area contributed by atoms with Gasteiger partial charge < -0.3 is 10.6 Å². The molecule has 0 aromatic heterocycles. The molecule has 4 nitrogen and oxygen atoms in total. The van der Waals surface area contributed by atoms with Crippen LogP contribution in [0.15, 0.2) is 48.5 Å². The van der Waals surface area contributed by atoms with Gasteiger partial charge in [0.25, 0.3) is 5.91 Å². The fraction of sp³-hybridized carbons (Fsp3) is 0.130. The number of amides is 2. The minimum atomic E-state index is -1.52. The molecule has 0 spiro atoms. The lowest BCUT2D eigenvalue weighted by Gasteiger charge is -2.11. The van der Waals surface area contributed by atoms with E-state index in [2.05, 4.69) is 10.6 Å². The Kier molecular flexibility index (Phi) is 7.19. The van der Waals surface area contributed by atoms with Gasteiger partial charge in [-0.25, -0.2) is 13.2 Å². The van der Waals surface area contributed by atoms with Gasteiger partial charge in [-0.05, 0) is 48.0 Å². The van der Waals surface area contributed by atoms with Gasteiger partial charge in [-0.2, -0.15) is 0 Å². The van der Waals surface area contributed by atoms with E-state index in [1.165, 1.54) is 30.3 Å². The molecule has 1 saturated carbocycles. The fourth-order valence-corrected chi connectivity index (χ4v) is 5.15. The molecular formula is C23H12Cl5F3N2O2. The average molecular weight is 583 g/mol. The Balaban J connectivity index is 1.54. The second-order valence-electron chi connectivity index (χ2n) is 7.66. The lowest BCUT2D eigenvalue weighted by atomic mass is 10.1. The molecule has 2 amide bonds. The molecule has 2 N–H and O–H groups in total. The van der Waals surface area contributed by atoms with Crippen LogP contribution < -0.4 is 10.6 Å². The van der Waals surface area contributed by atoms with Gasteiger partial charge in [-0.3, -0.25) is 9.59 Å². The first-order valence-corrected chi connectivity index (χ1v) is 11.7. The Bertz CT molecular complexity index is 1330. The molecule has 0 unspecified atom stereocenters. The summed E-state index contributed by atoms with van der Waals surface area (Å²) in [6, 6.07) is 9.64. The Hall–Kier alpha value is -2.16. The van der Waals surface area contributed by atoms with Gasteiger partial charge in [0.1, 0.15) is 21.7 Å². The molecule has 1 aliphatic rings. The van der Waals surface area contributed by atoms with Gasteiger partial charge in [0.15, 0.2) is 5.82 Å². The number of benzene rings is 3. The van der Waals surface area contributed by atoms with Gasteiger partial charge in [-0.15, -0.1) is 23.2 Å². The first kappa shape index (κ1) is 25.9. The smallest absolute Gasteiger partial charge is 0.257 e. The SMILES string of the molecule is O=C(Nc1c(F)cccc1F)c1cc(NC(=O)[C@H]2[C@H](c3cc(Cl)c(F)c(Cl)c3)C2(Cl)Cl)ccc1Cl. The quantitative estimate of drug-likeness (QED) is 0.238. The van der Waals surface area contributed by atoms with Crippen molar-refractivity contribution in [1.82, 2.24) is 0 Å². The largest absolute Gasteiger partial charge is 0.326 e. The van der Waals surface area contributed by atoms with Crippen LogP contribution in [-0.4, -0.2) is 16.1 Å². The molecule has 0 aliphatic heterocycles. The first-order chi connectivity index (χ1) is 16.4. The molecule has 3 aromatic carbocycles. The number of halogens is 8. The molecule has 0 bridgehead atoms. The number of carbonyl (C=O) groups is 2. The summed E-state index contributed by atoms with van der Waals surface area (Å²) >= 11 is 30.4. The number of nitrogens with one attached hydrogen (secondary N) is 2. The van der Waals surface area contributed by atoms with E-state index >= 15 is 0 Å². The summed E-state index contributed by atoms with van der Waals surface area (Å²) < 4.78 is 40.0. The van der Waals surface area contributed by atoms with E-state index in [-0.39, 0.29) is 26.3 Å². The molecule has 0 heterocycles. The van der Waals surface area contributed by atoms with Crippen molar-refractivity contribution in [3.63, 3.8) is 0 Å². The highest BCUT2D eigenvalue weighted by Gasteiger charge is 2.67. The zero-order valence-corrected chi connectivity index (χ0v) is 20.9. The van der Waals surface area contributed by atoms with Gasteiger partial charge in [0.05, 0.1) is 26.5 Å². The van der Waals surface area contributed by atoms with Crippen LogP contribution in [0.4, 0.5) is 24.5 Å². The van der Waals surface area contributed by atoms with Crippen molar-refractivity contribution >= 4 is 81.2 Å². The van der Waals surface area contributed by atoms with E-state index in [1.807, 2.05) is 0 Å². The molecule has 35 heavy (non-hydrogen) atoms. The topological polar surface area (TPSA) is 58.2 Å². The molecule has 2 atom stereocenters. The summed E-state index contributed by atoms with van der Waals surface area (Å²) in [4.78, 5) is 25.5. The van der Waals surface area contributed by atoms with E-state index in [1.54, 1.807) is 0 Å². The van der Waals surface area contributed by atoms with Gasteiger partial charge in [-0.1, -0.05) is 40.9 Å². The van der Waals surface area contributed by atoms with Crippen LogP contribution in [0.3, 0.4) is 0 Å². The molecule has 182 valence electrons. The maximum Gasteiger partial charge on any atom is 0.257 e. The Labute approximate surface area is 222 Å². The zero-order valence-electron chi connectivity index (χ0n) is 17.1. The summed E-state index contributed by atoms with van der Waals surface area (Å²) in [5, 5.41) is 4.18. The van der Waals surface area contributed by atoms with Crippen molar-refractivity contribution in [3.05, 3.63) is 92.2 Å². The third kappa shape index (κ3) is 5.06. The van der Waals surface area contributed by atoms with Crippen molar-refractivity contribution in [1.29, 1.82) is 0 Å². The van der Waals surface area contributed by atoms with Crippen molar-refractivity contribution < 1.29 is 22.8 Å². The number of para-hydroxylation sites is 1. The predicted octanol–water partition coefficient (Wildman–Crippen LogP) is 7.84. The minimum Gasteiger partial charge on any atom is -0.326 e. The van der Waals surface area contributed by atoms with E-state index in [0.29, 0.717) is 5.56 Å². The number of alkyl halides is 2. The van der Waals surface area contributed by atoms with E-state index in [0.717, 1.165) is 18.2 Å². The number of anilines is 2. The van der Waals surface area contributed by atoms with Crippen LogP contribution >= 0.6 is 58.0 Å². The van der Waals surface area contributed by atoms with Crippen LogP contribution in [0.5, 0.6) is 0 Å². The van der Waals surface area contributed by atoms with Gasteiger partial charge in [0.2, 0.25) is 5.91 Å². The van der Waals surface area contributed by atoms with Gasteiger partial charge >= 0.3 is 0 Å². The average Bonchev–Trinajstić information content (AvgIpc) is 3.37. The van der Waals surface area contributed by atoms with Crippen molar-refractivity contribution in [2.75, 3.05) is 10.6 Å². The molecule has 12 heteroatoms. The van der Waals surface area contributed by atoms with E-state index < -0.39 is 51.1 Å². The van der Waals surface area contributed by atoms with E-state index in [4.69, 9.17) is 58.0 Å². The van der Waals surface area contributed by atoms with Gasteiger partial charge in [0, 0.05) is 11.6 Å². The highest BCUT2D eigenvalue weighted by atomic mass is 35.5. The predicted molar refractivity (Wildman–Crippen MR) is 131 cm³/mol. The Morgan fingerprint density at radius 1 is 0.829 bits per heavy atom. The normalized spacial score (nSPS) is 18.2. The summed E-state index contributed by atoms with van der Waals surface area (Å²) in [5.41, 5.74) is -0.285. The third-order valence-electron chi connectivity index (χ3n) is 5.38. The zero-order chi connectivity index (χ0) is 25.7. The number of carbonyl (C=O) groups excluding carboxylic acids is 2. The molecule has 0 saturated heterocycles. The summed E-state index contributed by atoms with van der Waals surface area (Å²) in [6.45, 7) is 0. The first-order valence-electron chi connectivity index (χ1n) is 9.79. The van der Waals surface area contributed by atoms with Crippen molar-refractivity contribution in [3.8, 4) is 0 Å². The van der Waals surface area contributed by atoms with Crippen LogP contribution in [-0.2, 0) is 4.79 Å². The van der Waals surface area contributed by atoms with Crippen LogP contribution in [0, 0.1) is 23.4 Å². The highest BCUT2D eigenvalue weighted by Crippen LogP contribution is 2.65. The minimum absolute atomic E-state index is 0.0267. The monoisotopic (exact) mass is 580 g/mol. The maximum absolute atomic E-state index is 13.9. The lowest BCUT2D eigenvalue weighted by molar-refractivity contribution is -0.117. The van der Waals surface area contributed by atoms with Crippen LogP contribution in [0.1, 0.15) is 21.8 Å². The summed E-state index contributed by atoms with van der Waals surface area (Å²) in [5.74, 6) is -5.95. The molecule has 0 radical (unpaired) electrons. The van der Waals surface area contributed by atoms with E-state index in [9.17, 15) is 22.8 Å². The highest BCUT2D eigenvalue weighted by molar-refractivity contribution is 6.53. The Morgan fingerprint density at radius 2 is 1.43 bits per heavy atom. The fourth-order valence-electron chi connectivity index (χ4n) is 3.62. The molecule has 1 fully saturated rings. The van der Waals surface area contributed by atoms with Crippen LogP contribution in [0.2, 0.25) is 15.1 Å². The van der Waals surface area contributed by atoms with Crippen molar-refractivity contribution in [2.45, 2.75) is 10.3 Å². The maximum atomic E-state index is 13.9. The number of hydrogen-bond donors (Lipinski definition) is 2.